The number of rotatable bonds is 7. The molecule has 1 atom stereocenters. The van der Waals surface area contributed by atoms with E-state index in [4.69, 9.17) is 10.2 Å². The molecule has 4 nitrogen and oxygen atoms in total. The second kappa shape index (κ2) is 7.41. The number of aliphatic hydroxyl groups excluding tert-OH is 1. The van der Waals surface area contributed by atoms with Crippen LogP contribution in [0, 0.1) is 0 Å². The number of carboxylic acids is 1. The molecule has 1 aromatic carbocycles. The van der Waals surface area contributed by atoms with Crippen LogP contribution in [0.4, 0.5) is 0 Å². The van der Waals surface area contributed by atoms with Crippen LogP contribution in [-0.4, -0.2) is 40.3 Å². The summed E-state index contributed by atoms with van der Waals surface area (Å²) in [5, 5.41) is 17.7. The highest BCUT2D eigenvalue weighted by Gasteiger charge is 2.23. The minimum atomic E-state index is -0.790. The van der Waals surface area contributed by atoms with E-state index in [1.54, 1.807) is 0 Å². The standard InChI is InChI=1S/C16H23NO3/c18-10-2-4-15-3-1-9-17(15)12-14-7-5-13(6-8-14)11-16(19)20/h5-8,15,18H,1-4,9-12H2,(H,19,20). The molecule has 1 aliphatic heterocycles. The predicted octanol–water partition coefficient (Wildman–Crippen LogP) is 2.05. The molecule has 0 aromatic heterocycles. The number of nitrogens with zero attached hydrogens (tertiary/aromatic N) is 1. The van der Waals surface area contributed by atoms with Gasteiger partial charge in [-0.3, -0.25) is 9.69 Å². The van der Waals surface area contributed by atoms with Crippen molar-refractivity contribution in [1.29, 1.82) is 0 Å². The van der Waals surface area contributed by atoms with Gasteiger partial charge < -0.3 is 10.2 Å². The Hall–Kier alpha value is -1.39. The van der Waals surface area contributed by atoms with Crippen molar-refractivity contribution in [3.8, 4) is 0 Å². The number of aliphatic hydroxyl groups is 1. The molecule has 0 amide bonds. The van der Waals surface area contributed by atoms with E-state index in [1.165, 1.54) is 18.4 Å². The zero-order chi connectivity index (χ0) is 14.4. The van der Waals surface area contributed by atoms with Gasteiger partial charge in [0, 0.05) is 19.2 Å². The quantitative estimate of drug-likeness (QED) is 0.801. The Morgan fingerprint density at radius 3 is 2.60 bits per heavy atom. The molecule has 1 fully saturated rings. The molecular formula is C16H23NO3. The predicted molar refractivity (Wildman–Crippen MR) is 77.5 cm³/mol. The van der Waals surface area contributed by atoms with E-state index in [-0.39, 0.29) is 13.0 Å². The molecule has 110 valence electrons. The number of aliphatic carboxylic acids is 1. The number of carbonyl (C=O) groups is 1. The second-order valence-corrected chi connectivity index (χ2v) is 5.52. The van der Waals surface area contributed by atoms with E-state index in [0.29, 0.717) is 6.04 Å². The minimum absolute atomic E-state index is 0.0864. The van der Waals surface area contributed by atoms with Gasteiger partial charge >= 0.3 is 5.97 Å². The SMILES string of the molecule is O=C(O)Cc1ccc(CN2CCCC2CCCO)cc1. The lowest BCUT2D eigenvalue weighted by molar-refractivity contribution is -0.136. The average molecular weight is 277 g/mol. The monoisotopic (exact) mass is 277 g/mol. The lowest BCUT2D eigenvalue weighted by Gasteiger charge is -2.24. The molecule has 1 aromatic rings. The Morgan fingerprint density at radius 1 is 1.25 bits per heavy atom. The van der Waals surface area contributed by atoms with Gasteiger partial charge in [0.1, 0.15) is 0 Å². The summed E-state index contributed by atoms with van der Waals surface area (Å²) in [5.41, 5.74) is 2.08. The summed E-state index contributed by atoms with van der Waals surface area (Å²) in [7, 11) is 0. The molecule has 2 rings (SSSR count). The normalized spacial score (nSPS) is 19.4. The highest BCUT2D eigenvalue weighted by Crippen LogP contribution is 2.23. The van der Waals surface area contributed by atoms with Gasteiger partial charge in [-0.25, -0.2) is 0 Å². The molecule has 1 unspecified atom stereocenters. The number of carboxylic acid groups (broad SMARTS) is 1. The van der Waals surface area contributed by atoms with Crippen LogP contribution < -0.4 is 0 Å². The average Bonchev–Trinajstić information content (AvgIpc) is 2.85. The topological polar surface area (TPSA) is 60.8 Å². The van der Waals surface area contributed by atoms with Gasteiger partial charge in [0.05, 0.1) is 6.42 Å². The first kappa shape index (κ1) is 15.0. The Bertz CT molecular complexity index is 430. The molecule has 0 radical (unpaired) electrons. The van der Waals surface area contributed by atoms with Gasteiger partial charge in [-0.15, -0.1) is 0 Å². The first-order valence-corrected chi connectivity index (χ1v) is 7.33. The maximum atomic E-state index is 10.6. The van der Waals surface area contributed by atoms with Crippen LogP contribution in [0.1, 0.15) is 36.8 Å². The van der Waals surface area contributed by atoms with Gasteiger partial charge in [-0.05, 0) is 43.4 Å². The summed E-state index contributed by atoms with van der Waals surface area (Å²) in [4.78, 5) is 13.1. The molecule has 1 saturated heterocycles. The molecule has 0 saturated carbocycles. The summed E-state index contributed by atoms with van der Waals surface area (Å²) >= 11 is 0. The zero-order valence-electron chi connectivity index (χ0n) is 11.8. The van der Waals surface area contributed by atoms with Crippen LogP contribution in [0.15, 0.2) is 24.3 Å². The summed E-state index contributed by atoms with van der Waals surface area (Å²) in [6.45, 7) is 2.31. The van der Waals surface area contributed by atoms with Crippen LogP contribution in [0.3, 0.4) is 0 Å². The third kappa shape index (κ3) is 4.32. The van der Waals surface area contributed by atoms with Crippen molar-refractivity contribution in [3.63, 3.8) is 0 Å². The van der Waals surface area contributed by atoms with Crippen molar-refractivity contribution in [2.45, 2.75) is 44.7 Å². The number of benzene rings is 1. The largest absolute Gasteiger partial charge is 0.481 e. The van der Waals surface area contributed by atoms with E-state index in [9.17, 15) is 4.79 Å². The van der Waals surface area contributed by atoms with Gasteiger partial charge in [-0.2, -0.15) is 0 Å². The van der Waals surface area contributed by atoms with Crippen LogP contribution in [-0.2, 0) is 17.8 Å². The summed E-state index contributed by atoms with van der Waals surface area (Å²) < 4.78 is 0. The molecule has 20 heavy (non-hydrogen) atoms. The molecule has 1 aliphatic rings. The van der Waals surface area contributed by atoms with Gasteiger partial charge in [0.2, 0.25) is 0 Å². The lowest BCUT2D eigenvalue weighted by Crippen LogP contribution is -2.29. The van der Waals surface area contributed by atoms with Crippen LogP contribution in [0.25, 0.3) is 0 Å². The number of hydrogen-bond donors (Lipinski definition) is 2. The molecule has 0 aliphatic carbocycles. The number of likely N-dealkylation sites (tertiary alicyclic amines) is 1. The Labute approximate surface area is 120 Å². The highest BCUT2D eigenvalue weighted by molar-refractivity contribution is 5.70. The maximum Gasteiger partial charge on any atom is 0.307 e. The Kier molecular flexibility index (Phi) is 5.56. The smallest absolute Gasteiger partial charge is 0.307 e. The third-order valence-corrected chi connectivity index (χ3v) is 3.96. The van der Waals surface area contributed by atoms with E-state index in [0.717, 1.165) is 31.5 Å². The minimum Gasteiger partial charge on any atom is -0.481 e. The molecule has 4 heteroatoms. The fraction of sp³-hybridized carbons (Fsp3) is 0.562. The van der Waals surface area contributed by atoms with Gasteiger partial charge in [0.15, 0.2) is 0 Å². The summed E-state index contributed by atoms with van der Waals surface area (Å²) in [5.74, 6) is -0.790. The number of hydrogen-bond acceptors (Lipinski definition) is 3. The van der Waals surface area contributed by atoms with Crippen molar-refractivity contribution >= 4 is 5.97 Å². The van der Waals surface area contributed by atoms with E-state index >= 15 is 0 Å². The summed E-state index contributed by atoms with van der Waals surface area (Å²) in [6.07, 6.45) is 4.47. The van der Waals surface area contributed by atoms with Crippen molar-refractivity contribution in [2.75, 3.05) is 13.2 Å². The van der Waals surface area contributed by atoms with Gasteiger partial charge in [0.25, 0.3) is 0 Å². The third-order valence-electron chi connectivity index (χ3n) is 3.96. The molecule has 0 bridgehead atoms. The first-order valence-electron chi connectivity index (χ1n) is 7.33. The van der Waals surface area contributed by atoms with Crippen molar-refractivity contribution < 1.29 is 15.0 Å². The second-order valence-electron chi connectivity index (χ2n) is 5.52. The fourth-order valence-corrected chi connectivity index (χ4v) is 2.93. The van der Waals surface area contributed by atoms with Crippen molar-refractivity contribution in [3.05, 3.63) is 35.4 Å². The molecule has 2 N–H and O–H groups in total. The van der Waals surface area contributed by atoms with Crippen LogP contribution in [0.5, 0.6) is 0 Å². The zero-order valence-corrected chi connectivity index (χ0v) is 11.8. The van der Waals surface area contributed by atoms with E-state index in [1.807, 2.05) is 24.3 Å². The Morgan fingerprint density at radius 2 is 1.95 bits per heavy atom. The fourth-order valence-electron chi connectivity index (χ4n) is 2.93. The van der Waals surface area contributed by atoms with E-state index < -0.39 is 5.97 Å². The van der Waals surface area contributed by atoms with Crippen LogP contribution >= 0.6 is 0 Å². The highest BCUT2D eigenvalue weighted by atomic mass is 16.4. The lowest BCUT2D eigenvalue weighted by atomic mass is 10.1. The van der Waals surface area contributed by atoms with Gasteiger partial charge in [-0.1, -0.05) is 24.3 Å². The molecule has 0 spiro atoms. The van der Waals surface area contributed by atoms with Crippen LogP contribution in [0.2, 0.25) is 0 Å². The van der Waals surface area contributed by atoms with Crippen molar-refractivity contribution in [1.82, 2.24) is 4.90 Å². The van der Waals surface area contributed by atoms with E-state index in [2.05, 4.69) is 4.90 Å². The maximum absolute atomic E-state index is 10.6. The molecular weight excluding hydrogens is 254 g/mol. The molecule has 1 heterocycles. The van der Waals surface area contributed by atoms with Crippen molar-refractivity contribution in [2.24, 2.45) is 0 Å². The Balaban J connectivity index is 1.90. The summed E-state index contributed by atoms with van der Waals surface area (Å²) in [6, 6.07) is 8.45. The first-order chi connectivity index (χ1) is 9.69.